The summed E-state index contributed by atoms with van der Waals surface area (Å²) in [5.74, 6) is 1.51. The van der Waals surface area contributed by atoms with E-state index in [0.717, 1.165) is 6.92 Å². The van der Waals surface area contributed by atoms with E-state index in [-0.39, 0.29) is 11.6 Å². The normalized spacial score (nSPS) is 12.7. The summed E-state index contributed by atoms with van der Waals surface area (Å²) in [5.41, 5.74) is 0.829. The zero-order valence-corrected chi connectivity index (χ0v) is 17.5. The molecule has 1 unspecified atom stereocenters. The molecule has 0 saturated carbocycles. The van der Waals surface area contributed by atoms with Crippen LogP contribution in [0.25, 0.3) is 22.6 Å². The molecular formula is C19H19F3N8O2. The molecule has 0 aromatic carbocycles. The molecule has 0 amide bonds. The van der Waals surface area contributed by atoms with Crippen LogP contribution in [0.2, 0.25) is 0 Å². The Morgan fingerprint density at radius 3 is 2.62 bits per heavy atom. The average Bonchev–Trinajstić information content (AvgIpc) is 3.30. The van der Waals surface area contributed by atoms with Gasteiger partial charge in [-0.3, -0.25) is 9.36 Å². The maximum atomic E-state index is 13.0. The zero-order valence-electron chi connectivity index (χ0n) is 17.5. The number of nitrogens with zero attached hydrogens (tertiary/aromatic N) is 7. The first kappa shape index (κ1) is 21.3. The maximum Gasteiger partial charge on any atom is 0.425 e. The largest absolute Gasteiger partial charge is 0.481 e. The SMILES string of the molecule is COc1ccnc(-c2cc(Nc3cc(OC(C)C(F)(F)F)c4cnn(C)c4n3)n(C)n2)n1. The maximum absolute atomic E-state index is 13.0. The van der Waals surface area contributed by atoms with E-state index in [2.05, 4.69) is 30.5 Å². The van der Waals surface area contributed by atoms with Gasteiger partial charge in [-0.25, -0.2) is 9.97 Å². The van der Waals surface area contributed by atoms with E-state index in [1.807, 2.05) is 0 Å². The highest BCUT2D eigenvalue weighted by atomic mass is 19.4. The molecule has 4 heterocycles. The lowest BCUT2D eigenvalue weighted by molar-refractivity contribution is -0.188. The van der Waals surface area contributed by atoms with Gasteiger partial charge in [0.05, 0.1) is 18.7 Å². The predicted molar refractivity (Wildman–Crippen MR) is 109 cm³/mol. The monoisotopic (exact) mass is 448 g/mol. The standard InChI is InChI=1S/C19H19F3N8O2/c1-10(19(20,21)22)32-13-8-14(26-18-11(13)9-24-30(18)3)25-15-7-12(28-29(15)2)17-23-6-5-16(27-17)31-4/h5-10H,1-4H3,(H,25,26). The van der Waals surface area contributed by atoms with E-state index in [9.17, 15) is 13.2 Å². The van der Waals surface area contributed by atoms with Crippen molar-refractivity contribution in [3.05, 3.63) is 30.6 Å². The van der Waals surface area contributed by atoms with Crippen LogP contribution in [0, 0.1) is 0 Å². The van der Waals surface area contributed by atoms with E-state index in [4.69, 9.17) is 9.47 Å². The van der Waals surface area contributed by atoms with E-state index in [1.54, 1.807) is 32.4 Å². The molecule has 1 N–H and O–H groups in total. The molecule has 4 aromatic rings. The first-order valence-electron chi connectivity index (χ1n) is 9.40. The summed E-state index contributed by atoms with van der Waals surface area (Å²) >= 11 is 0. The fourth-order valence-electron chi connectivity index (χ4n) is 2.91. The third kappa shape index (κ3) is 4.13. The average molecular weight is 448 g/mol. The highest BCUT2D eigenvalue weighted by Gasteiger charge is 2.38. The number of methoxy groups -OCH3 is 1. The molecule has 4 rings (SSSR count). The lowest BCUT2D eigenvalue weighted by atomic mass is 10.3. The van der Waals surface area contributed by atoms with Crippen LogP contribution in [-0.4, -0.2) is 53.9 Å². The number of alkyl halides is 3. The molecule has 0 saturated heterocycles. The summed E-state index contributed by atoms with van der Waals surface area (Å²) in [6.45, 7) is 0.942. The van der Waals surface area contributed by atoms with Gasteiger partial charge in [-0.2, -0.15) is 28.4 Å². The van der Waals surface area contributed by atoms with Gasteiger partial charge in [-0.05, 0) is 6.92 Å². The first-order chi connectivity index (χ1) is 15.2. The second-order valence-electron chi connectivity index (χ2n) is 6.90. The van der Waals surface area contributed by atoms with Crippen molar-refractivity contribution < 1.29 is 22.6 Å². The van der Waals surface area contributed by atoms with Crippen LogP contribution >= 0.6 is 0 Å². The van der Waals surface area contributed by atoms with Crippen LogP contribution in [0.15, 0.2) is 30.6 Å². The molecule has 0 bridgehead atoms. The fraction of sp³-hybridized carbons (Fsp3) is 0.316. The zero-order chi connectivity index (χ0) is 23.0. The Hall–Kier alpha value is -3.90. The van der Waals surface area contributed by atoms with Gasteiger partial charge in [-0.1, -0.05) is 0 Å². The van der Waals surface area contributed by atoms with Crippen molar-refractivity contribution in [1.29, 1.82) is 0 Å². The Morgan fingerprint density at radius 1 is 1.12 bits per heavy atom. The van der Waals surface area contributed by atoms with Crippen molar-refractivity contribution in [3.63, 3.8) is 0 Å². The van der Waals surface area contributed by atoms with Crippen LogP contribution in [-0.2, 0) is 14.1 Å². The quantitative estimate of drug-likeness (QED) is 0.479. The van der Waals surface area contributed by atoms with Crippen LogP contribution < -0.4 is 14.8 Å². The summed E-state index contributed by atoms with van der Waals surface area (Å²) in [7, 11) is 4.83. The summed E-state index contributed by atoms with van der Waals surface area (Å²) in [6, 6.07) is 4.69. The molecule has 0 aliphatic carbocycles. The van der Waals surface area contributed by atoms with Gasteiger partial charge in [-0.15, -0.1) is 0 Å². The third-order valence-electron chi connectivity index (χ3n) is 4.64. The Labute approximate surface area is 180 Å². The van der Waals surface area contributed by atoms with Crippen molar-refractivity contribution >= 4 is 22.7 Å². The van der Waals surface area contributed by atoms with Crippen molar-refractivity contribution in [2.45, 2.75) is 19.2 Å². The Kier molecular flexibility index (Phi) is 5.32. The molecule has 4 aromatic heterocycles. The minimum atomic E-state index is -4.51. The molecule has 0 fully saturated rings. The van der Waals surface area contributed by atoms with Crippen LogP contribution in [0.5, 0.6) is 11.6 Å². The van der Waals surface area contributed by atoms with Gasteiger partial charge in [0.1, 0.15) is 23.1 Å². The minimum absolute atomic E-state index is 0.00828. The van der Waals surface area contributed by atoms with Gasteiger partial charge < -0.3 is 14.8 Å². The van der Waals surface area contributed by atoms with E-state index >= 15 is 0 Å². The molecule has 0 aliphatic heterocycles. The highest BCUT2D eigenvalue weighted by Crippen LogP contribution is 2.33. The number of aryl methyl sites for hydroxylation is 2. The van der Waals surface area contributed by atoms with E-state index in [1.165, 1.54) is 28.7 Å². The van der Waals surface area contributed by atoms with E-state index in [0.29, 0.717) is 34.2 Å². The second kappa shape index (κ2) is 7.98. The molecule has 0 aliphatic rings. The Morgan fingerprint density at radius 2 is 1.91 bits per heavy atom. The van der Waals surface area contributed by atoms with E-state index < -0.39 is 12.3 Å². The predicted octanol–water partition coefficient (Wildman–Crippen LogP) is 3.24. The van der Waals surface area contributed by atoms with Crippen molar-refractivity contribution in [3.8, 4) is 23.1 Å². The van der Waals surface area contributed by atoms with Gasteiger partial charge in [0.15, 0.2) is 17.6 Å². The summed E-state index contributed by atoms with van der Waals surface area (Å²) in [5, 5.41) is 11.9. The third-order valence-corrected chi connectivity index (χ3v) is 4.64. The van der Waals surface area contributed by atoms with Gasteiger partial charge in [0, 0.05) is 38.5 Å². The summed E-state index contributed by atoms with van der Waals surface area (Å²) < 4.78 is 52.4. The number of aromatic nitrogens is 7. The highest BCUT2D eigenvalue weighted by molar-refractivity contribution is 5.84. The van der Waals surface area contributed by atoms with Crippen molar-refractivity contribution in [1.82, 2.24) is 34.5 Å². The first-order valence-corrected chi connectivity index (χ1v) is 9.40. The second-order valence-corrected chi connectivity index (χ2v) is 6.90. The summed E-state index contributed by atoms with van der Waals surface area (Å²) in [6.07, 6.45) is -3.56. The number of nitrogens with one attached hydrogen (secondary N) is 1. The molecule has 32 heavy (non-hydrogen) atoms. The Balaban J connectivity index is 1.69. The topological polar surface area (TPSA) is 105 Å². The lowest BCUT2D eigenvalue weighted by Gasteiger charge is -2.18. The molecule has 0 radical (unpaired) electrons. The lowest BCUT2D eigenvalue weighted by Crippen LogP contribution is -2.31. The summed E-state index contributed by atoms with van der Waals surface area (Å²) in [4.78, 5) is 12.9. The minimum Gasteiger partial charge on any atom is -0.481 e. The Bertz CT molecular complexity index is 1270. The van der Waals surface area contributed by atoms with Crippen molar-refractivity contribution in [2.24, 2.45) is 14.1 Å². The molecule has 10 nitrogen and oxygen atoms in total. The van der Waals surface area contributed by atoms with Crippen molar-refractivity contribution in [2.75, 3.05) is 12.4 Å². The van der Waals surface area contributed by atoms with Gasteiger partial charge >= 0.3 is 6.18 Å². The number of rotatable bonds is 6. The molecule has 13 heteroatoms. The number of fused-ring (bicyclic) bond motifs is 1. The molecule has 0 spiro atoms. The van der Waals surface area contributed by atoms with Crippen LogP contribution in [0.4, 0.5) is 24.8 Å². The number of hydrogen-bond donors (Lipinski definition) is 1. The number of anilines is 2. The number of hydrogen-bond acceptors (Lipinski definition) is 8. The molecule has 1 atom stereocenters. The molecular weight excluding hydrogens is 429 g/mol. The smallest absolute Gasteiger partial charge is 0.425 e. The van der Waals surface area contributed by atoms with Crippen LogP contribution in [0.1, 0.15) is 6.92 Å². The van der Waals surface area contributed by atoms with Gasteiger partial charge in [0.2, 0.25) is 5.88 Å². The number of pyridine rings is 1. The van der Waals surface area contributed by atoms with Crippen LogP contribution in [0.3, 0.4) is 0 Å². The molecule has 168 valence electrons. The fourth-order valence-corrected chi connectivity index (χ4v) is 2.91. The van der Waals surface area contributed by atoms with Gasteiger partial charge in [0.25, 0.3) is 0 Å². The number of ether oxygens (including phenoxy) is 2. The number of halogens is 3.